The number of nitrogens with zero attached hydrogens (tertiary/aromatic N) is 2. The van der Waals surface area contributed by atoms with Gasteiger partial charge in [0.1, 0.15) is 0 Å². The molecule has 102 valence electrons. The molecular formula is C15H27N3. The fraction of sp³-hybridized carbons (Fsp3) is 0.667. The SMILES string of the molecule is CCN(CC)CCCC(C)NCc1cccnc1. The van der Waals surface area contributed by atoms with Crippen molar-refractivity contribution in [2.75, 3.05) is 19.6 Å². The van der Waals surface area contributed by atoms with Gasteiger partial charge in [-0.1, -0.05) is 19.9 Å². The second kappa shape index (κ2) is 9.06. The Morgan fingerprint density at radius 2 is 2.11 bits per heavy atom. The minimum atomic E-state index is 0.570. The molecule has 1 aromatic heterocycles. The molecule has 1 N–H and O–H groups in total. The van der Waals surface area contributed by atoms with E-state index in [1.807, 2.05) is 18.5 Å². The zero-order valence-corrected chi connectivity index (χ0v) is 12.0. The summed E-state index contributed by atoms with van der Waals surface area (Å²) in [6.07, 6.45) is 6.24. The first-order valence-electron chi connectivity index (χ1n) is 7.10. The lowest BCUT2D eigenvalue weighted by Gasteiger charge is -2.19. The molecule has 1 rings (SSSR count). The van der Waals surface area contributed by atoms with Gasteiger partial charge >= 0.3 is 0 Å². The van der Waals surface area contributed by atoms with Gasteiger partial charge in [-0.3, -0.25) is 4.98 Å². The lowest BCUT2D eigenvalue weighted by atomic mass is 10.1. The van der Waals surface area contributed by atoms with Gasteiger partial charge < -0.3 is 10.2 Å². The summed E-state index contributed by atoms with van der Waals surface area (Å²) in [6, 6.07) is 4.67. The van der Waals surface area contributed by atoms with Gasteiger partial charge in [0.25, 0.3) is 0 Å². The molecule has 1 heterocycles. The molecule has 3 heteroatoms. The van der Waals surface area contributed by atoms with Crippen LogP contribution in [-0.4, -0.2) is 35.6 Å². The smallest absolute Gasteiger partial charge is 0.0312 e. The van der Waals surface area contributed by atoms with E-state index in [9.17, 15) is 0 Å². The molecule has 3 nitrogen and oxygen atoms in total. The molecule has 18 heavy (non-hydrogen) atoms. The molecule has 0 amide bonds. The second-order valence-electron chi connectivity index (χ2n) is 4.81. The first kappa shape index (κ1) is 15.1. The monoisotopic (exact) mass is 249 g/mol. The molecule has 0 saturated carbocycles. The quantitative estimate of drug-likeness (QED) is 0.729. The van der Waals surface area contributed by atoms with Crippen molar-refractivity contribution in [3.63, 3.8) is 0 Å². The lowest BCUT2D eigenvalue weighted by Crippen LogP contribution is -2.28. The fourth-order valence-corrected chi connectivity index (χ4v) is 2.06. The summed E-state index contributed by atoms with van der Waals surface area (Å²) in [4.78, 5) is 6.60. The van der Waals surface area contributed by atoms with Crippen LogP contribution in [0.3, 0.4) is 0 Å². The van der Waals surface area contributed by atoms with Crippen LogP contribution in [0.2, 0.25) is 0 Å². The number of hydrogen-bond acceptors (Lipinski definition) is 3. The van der Waals surface area contributed by atoms with Crippen molar-refractivity contribution in [3.8, 4) is 0 Å². The Kier molecular flexibility index (Phi) is 7.62. The number of pyridine rings is 1. The molecule has 0 aromatic carbocycles. The van der Waals surface area contributed by atoms with Crippen LogP contribution in [0.5, 0.6) is 0 Å². The van der Waals surface area contributed by atoms with Crippen molar-refractivity contribution in [3.05, 3.63) is 30.1 Å². The van der Waals surface area contributed by atoms with E-state index >= 15 is 0 Å². The first-order valence-corrected chi connectivity index (χ1v) is 7.10. The van der Waals surface area contributed by atoms with E-state index in [2.05, 4.69) is 42.0 Å². The molecule has 0 saturated heterocycles. The molecule has 0 aliphatic carbocycles. The van der Waals surface area contributed by atoms with Gasteiger partial charge in [0.2, 0.25) is 0 Å². The van der Waals surface area contributed by atoms with E-state index in [1.54, 1.807) is 0 Å². The summed E-state index contributed by atoms with van der Waals surface area (Å²) >= 11 is 0. The number of aromatic nitrogens is 1. The zero-order chi connectivity index (χ0) is 13.2. The highest BCUT2D eigenvalue weighted by Crippen LogP contribution is 2.02. The number of rotatable bonds is 9. The number of nitrogens with one attached hydrogen (secondary N) is 1. The van der Waals surface area contributed by atoms with Crippen molar-refractivity contribution in [2.45, 2.75) is 46.2 Å². The summed E-state index contributed by atoms with van der Waals surface area (Å²) in [6.45, 7) is 11.2. The van der Waals surface area contributed by atoms with Gasteiger partial charge in [-0.25, -0.2) is 0 Å². The molecule has 0 aliphatic rings. The molecule has 0 bridgehead atoms. The molecule has 1 unspecified atom stereocenters. The van der Waals surface area contributed by atoms with Crippen molar-refractivity contribution in [1.82, 2.24) is 15.2 Å². The van der Waals surface area contributed by atoms with Gasteiger partial charge in [-0.05, 0) is 51.0 Å². The topological polar surface area (TPSA) is 28.2 Å². The highest BCUT2D eigenvalue weighted by Gasteiger charge is 2.03. The molecule has 0 radical (unpaired) electrons. The van der Waals surface area contributed by atoms with E-state index in [0.29, 0.717) is 6.04 Å². The minimum absolute atomic E-state index is 0.570. The van der Waals surface area contributed by atoms with Crippen LogP contribution in [0.4, 0.5) is 0 Å². The Labute approximate surface area is 112 Å². The zero-order valence-electron chi connectivity index (χ0n) is 12.0. The average molecular weight is 249 g/mol. The summed E-state index contributed by atoms with van der Waals surface area (Å²) in [5, 5.41) is 3.55. The van der Waals surface area contributed by atoms with Crippen LogP contribution in [-0.2, 0) is 6.54 Å². The van der Waals surface area contributed by atoms with Crippen molar-refractivity contribution in [2.24, 2.45) is 0 Å². The Bertz CT molecular complexity index is 296. The van der Waals surface area contributed by atoms with E-state index in [4.69, 9.17) is 0 Å². The Hall–Kier alpha value is -0.930. The minimum Gasteiger partial charge on any atom is -0.310 e. The maximum absolute atomic E-state index is 4.12. The van der Waals surface area contributed by atoms with Crippen LogP contribution in [0, 0.1) is 0 Å². The van der Waals surface area contributed by atoms with Gasteiger partial charge in [0, 0.05) is 25.0 Å². The third kappa shape index (κ3) is 6.12. The average Bonchev–Trinajstić information content (AvgIpc) is 2.42. The van der Waals surface area contributed by atoms with E-state index < -0.39 is 0 Å². The van der Waals surface area contributed by atoms with Crippen molar-refractivity contribution in [1.29, 1.82) is 0 Å². The Morgan fingerprint density at radius 1 is 1.33 bits per heavy atom. The van der Waals surface area contributed by atoms with Crippen LogP contribution >= 0.6 is 0 Å². The van der Waals surface area contributed by atoms with Gasteiger partial charge in [-0.15, -0.1) is 0 Å². The Morgan fingerprint density at radius 3 is 2.72 bits per heavy atom. The second-order valence-corrected chi connectivity index (χ2v) is 4.81. The van der Waals surface area contributed by atoms with E-state index in [0.717, 1.165) is 19.6 Å². The summed E-state index contributed by atoms with van der Waals surface area (Å²) in [5.74, 6) is 0. The first-order chi connectivity index (χ1) is 8.76. The maximum atomic E-state index is 4.12. The van der Waals surface area contributed by atoms with Crippen LogP contribution in [0.1, 0.15) is 39.2 Å². The predicted molar refractivity (Wildman–Crippen MR) is 77.6 cm³/mol. The predicted octanol–water partition coefficient (Wildman–Crippen LogP) is 2.68. The highest BCUT2D eigenvalue weighted by atomic mass is 15.1. The van der Waals surface area contributed by atoms with Crippen molar-refractivity contribution >= 4 is 0 Å². The normalized spacial score (nSPS) is 12.9. The number of hydrogen-bond donors (Lipinski definition) is 1. The third-order valence-electron chi connectivity index (χ3n) is 3.38. The van der Waals surface area contributed by atoms with E-state index in [1.165, 1.54) is 24.9 Å². The van der Waals surface area contributed by atoms with Crippen LogP contribution < -0.4 is 5.32 Å². The van der Waals surface area contributed by atoms with Crippen LogP contribution in [0.15, 0.2) is 24.5 Å². The maximum Gasteiger partial charge on any atom is 0.0312 e. The lowest BCUT2D eigenvalue weighted by molar-refractivity contribution is 0.290. The molecule has 0 aliphatic heterocycles. The molecule has 1 aromatic rings. The molecule has 0 spiro atoms. The van der Waals surface area contributed by atoms with Crippen LogP contribution in [0.25, 0.3) is 0 Å². The van der Waals surface area contributed by atoms with Gasteiger partial charge in [-0.2, -0.15) is 0 Å². The summed E-state index contributed by atoms with van der Waals surface area (Å²) in [7, 11) is 0. The van der Waals surface area contributed by atoms with Crippen molar-refractivity contribution < 1.29 is 0 Å². The third-order valence-corrected chi connectivity index (χ3v) is 3.38. The molecule has 0 fully saturated rings. The van der Waals surface area contributed by atoms with Gasteiger partial charge in [0.15, 0.2) is 0 Å². The largest absolute Gasteiger partial charge is 0.310 e. The fourth-order valence-electron chi connectivity index (χ4n) is 2.06. The molecular weight excluding hydrogens is 222 g/mol. The molecule has 1 atom stereocenters. The highest BCUT2D eigenvalue weighted by molar-refractivity contribution is 5.07. The standard InChI is InChI=1S/C15H27N3/c1-4-18(5-2)11-7-8-14(3)17-13-15-9-6-10-16-12-15/h6,9-10,12,14,17H,4-5,7-8,11,13H2,1-3H3. The summed E-state index contributed by atoms with van der Waals surface area (Å²) in [5.41, 5.74) is 1.26. The van der Waals surface area contributed by atoms with E-state index in [-0.39, 0.29) is 0 Å². The Balaban J connectivity index is 2.12. The van der Waals surface area contributed by atoms with Gasteiger partial charge in [0.05, 0.1) is 0 Å². The summed E-state index contributed by atoms with van der Waals surface area (Å²) < 4.78 is 0.